The summed E-state index contributed by atoms with van der Waals surface area (Å²) in [7, 11) is 1.37. The molecule has 3 aromatic rings. The van der Waals surface area contributed by atoms with Crippen molar-refractivity contribution in [1.82, 2.24) is 4.98 Å². The van der Waals surface area contributed by atoms with Crippen LogP contribution in [0.3, 0.4) is 0 Å². The van der Waals surface area contributed by atoms with Crippen LogP contribution in [0.2, 0.25) is 0 Å². The fourth-order valence-electron chi connectivity index (χ4n) is 2.63. The van der Waals surface area contributed by atoms with Crippen LogP contribution in [0.1, 0.15) is 30.5 Å². The number of rotatable bonds is 4. The highest BCUT2D eigenvalue weighted by molar-refractivity contribution is 7.14. The summed E-state index contributed by atoms with van der Waals surface area (Å²) in [5.41, 5.74) is 4.09. The fraction of sp³-hybridized carbons (Fsp3) is 0.150. The predicted octanol–water partition coefficient (Wildman–Crippen LogP) is 4.47. The molecule has 5 nitrogen and oxygen atoms in total. The monoisotopic (exact) mass is 366 g/mol. The number of benzene rings is 1. The normalized spacial score (nSPS) is 10.4. The first kappa shape index (κ1) is 17.8. The minimum Gasteiger partial charge on any atom is -0.465 e. The van der Waals surface area contributed by atoms with Gasteiger partial charge in [-0.05, 0) is 54.8 Å². The second-order valence-electron chi connectivity index (χ2n) is 5.79. The van der Waals surface area contributed by atoms with Gasteiger partial charge in [-0.1, -0.05) is 12.1 Å². The Morgan fingerprint density at radius 3 is 2.50 bits per heavy atom. The van der Waals surface area contributed by atoms with Crippen LogP contribution < -0.4 is 5.32 Å². The van der Waals surface area contributed by atoms with E-state index in [4.69, 9.17) is 4.74 Å². The SMILES string of the molecule is COC(=O)c1cc(-c2ccc(NC(=O)c3ccncc3C)cc2)c(C)s1. The summed E-state index contributed by atoms with van der Waals surface area (Å²) < 4.78 is 4.77. The Labute approximate surface area is 155 Å². The first-order valence-corrected chi connectivity index (χ1v) is 8.82. The lowest BCUT2D eigenvalue weighted by Gasteiger charge is -2.08. The van der Waals surface area contributed by atoms with E-state index in [0.717, 1.165) is 21.6 Å². The molecule has 0 fully saturated rings. The van der Waals surface area contributed by atoms with E-state index in [1.807, 2.05) is 44.2 Å². The number of ether oxygens (including phenoxy) is 1. The molecule has 132 valence electrons. The molecule has 0 aliphatic rings. The van der Waals surface area contributed by atoms with E-state index in [9.17, 15) is 9.59 Å². The number of nitrogens with zero attached hydrogens (tertiary/aromatic N) is 1. The minimum atomic E-state index is -0.332. The Morgan fingerprint density at radius 2 is 1.85 bits per heavy atom. The van der Waals surface area contributed by atoms with Gasteiger partial charge in [0.2, 0.25) is 0 Å². The summed E-state index contributed by atoms with van der Waals surface area (Å²) in [4.78, 5) is 29.7. The van der Waals surface area contributed by atoms with Gasteiger partial charge in [0.1, 0.15) is 4.88 Å². The van der Waals surface area contributed by atoms with E-state index >= 15 is 0 Å². The summed E-state index contributed by atoms with van der Waals surface area (Å²) in [6.45, 7) is 3.82. The number of amides is 1. The lowest BCUT2D eigenvalue weighted by molar-refractivity contribution is 0.0606. The summed E-state index contributed by atoms with van der Waals surface area (Å²) >= 11 is 1.41. The molecule has 1 aromatic carbocycles. The molecule has 0 saturated carbocycles. The molecular weight excluding hydrogens is 348 g/mol. The largest absolute Gasteiger partial charge is 0.465 e. The van der Waals surface area contributed by atoms with Crippen LogP contribution in [0.4, 0.5) is 5.69 Å². The third kappa shape index (κ3) is 3.65. The number of hydrogen-bond acceptors (Lipinski definition) is 5. The first-order valence-electron chi connectivity index (χ1n) is 8.00. The van der Waals surface area contributed by atoms with Crippen LogP contribution in [0.5, 0.6) is 0 Å². The quantitative estimate of drug-likeness (QED) is 0.692. The molecular formula is C20H18N2O3S. The Kier molecular flexibility index (Phi) is 5.14. The number of nitrogens with one attached hydrogen (secondary N) is 1. The van der Waals surface area contributed by atoms with E-state index in [1.165, 1.54) is 18.4 Å². The van der Waals surface area contributed by atoms with Crippen molar-refractivity contribution in [3.05, 3.63) is 69.7 Å². The molecule has 0 aliphatic heterocycles. The van der Waals surface area contributed by atoms with E-state index in [0.29, 0.717) is 16.1 Å². The highest BCUT2D eigenvalue weighted by Gasteiger charge is 2.14. The predicted molar refractivity (Wildman–Crippen MR) is 103 cm³/mol. The highest BCUT2D eigenvalue weighted by Crippen LogP contribution is 2.32. The van der Waals surface area contributed by atoms with Crippen molar-refractivity contribution in [3.8, 4) is 11.1 Å². The minimum absolute atomic E-state index is 0.169. The van der Waals surface area contributed by atoms with Crippen molar-refractivity contribution < 1.29 is 14.3 Å². The average Bonchev–Trinajstić information content (AvgIpc) is 3.03. The first-order chi connectivity index (χ1) is 12.5. The third-order valence-electron chi connectivity index (χ3n) is 4.02. The van der Waals surface area contributed by atoms with E-state index in [2.05, 4.69) is 10.3 Å². The summed E-state index contributed by atoms with van der Waals surface area (Å²) in [6.07, 6.45) is 3.26. The zero-order valence-electron chi connectivity index (χ0n) is 14.7. The maximum absolute atomic E-state index is 12.4. The molecule has 0 atom stereocenters. The molecule has 0 unspecified atom stereocenters. The van der Waals surface area contributed by atoms with Gasteiger partial charge in [-0.25, -0.2) is 4.79 Å². The number of pyridine rings is 1. The molecule has 0 bridgehead atoms. The second kappa shape index (κ2) is 7.49. The van der Waals surface area contributed by atoms with Gasteiger partial charge in [0.05, 0.1) is 7.11 Å². The fourth-order valence-corrected chi connectivity index (χ4v) is 3.59. The summed E-state index contributed by atoms with van der Waals surface area (Å²) in [5, 5.41) is 2.89. The molecule has 3 rings (SSSR count). The topological polar surface area (TPSA) is 68.3 Å². The van der Waals surface area contributed by atoms with Crippen molar-refractivity contribution in [2.45, 2.75) is 13.8 Å². The number of aromatic nitrogens is 1. The van der Waals surface area contributed by atoms with Gasteiger partial charge in [-0.2, -0.15) is 0 Å². The van der Waals surface area contributed by atoms with Crippen LogP contribution in [0.25, 0.3) is 11.1 Å². The maximum atomic E-state index is 12.4. The Bertz CT molecular complexity index is 961. The van der Waals surface area contributed by atoms with E-state index in [1.54, 1.807) is 18.5 Å². The zero-order valence-corrected chi connectivity index (χ0v) is 15.5. The molecule has 2 aromatic heterocycles. The smallest absolute Gasteiger partial charge is 0.348 e. The Hall–Kier alpha value is -2.99. The lowest BCUT2D eigenvalue weighted by atomic mass is 10.1. The number of methoxy groups -OCH3 is 1. The maximum Gasteiger partial charge on any atom is 0.348 e. The van der Waals surface area contributed by atoms with Crippen molar-refractivity contribution in [2.24, 2.45) is 0 Å². The van der Waals surface area contributed by atoms with Gasteiger partial charge < -0.3 is 10.1 Å². The number of hydrogen-bond donors (Lipinski definition) is 1. The van der Waals surface area contributed by atoms with E-state index < -0.39 is 0 Å². The van der Waals surface area contributed by atoms with Crippen molar-refractivity contribution in [3.63, 3.8) is 0 Å². The summed E-state index contributed by atoms with van der Waals surface area (Å²) in [5.74, 6) is -0.502. The number of thiophene rings is 1. The van der Waals surface area contributed by atoms with Gasteiger partial charge in [0.15, 0.2) is 0 Å². The third-order valence-corrected chi connectivity index (χ3v) is 5.05. The van der Waals surface area contributed by atoms with Gasteiger partial charge in [-0.15, -0.1) is 11.3 Å². The molecule has 6 heteroatoms. The summed E-state index contributed by atoms with van der Waals surface area (Å²) in [6, 6.07) is 11.1. The molecule has 1 N–H and O–H groups in total. The van der Waals surface area contributed by atoms with Crippen LogP contribution in [0.15, 0.2) is 48.8 Å². The Balaban J connectivity index is 1.79. The lowest BCUT2D eigenvalue weighted by Crippen LogP contribution is -2.13. The number of aryl methyl sites for hydroxylation is 2. The second-order valence-corrected chi connectivity index (χ2v) is 7.05. The molecule has 2 heterocycles. The van der Waals surface area contributed by atoms with Gasteiger partial charge in [0, 0.05) is 28.5 Å². The van der Waals surface area contributed by atoms with Crippen LogP contribution in [-0.2, 0) is 4.74 Å². The van der Waals surface area contributed by atoms with Crippen molar-refractivity contribution in [2.75, 3.05) is 12.4 Å². The average molecular weight is 366 g/mol. The molecule has 0 aliphatic carbocycles. The molecule has 0 saturated heterocycles. The standard InChI is InChI=1S/C20H18N2O3S/c1-12-11-21-9-8-16(12)19(23)22-15-6-4-14(5-7-15)17-10-18(20(24)25-3)26-13(17)2/h4-11H,1-3H3,(H,22,23). The highest BCUT2D eigenvalue weighted by atomic mass is 32.1. The Morgan fingerprint density at radius 1 is 1.12 bits per heavy atom. The number of esters is 1. The molecule has 26 heavy (non-hydrogen) atoms. The molecule has 1 amide bonds. The van der Waals surface area contributed by atoms with Gasteiger partial charge in [0.25, 0.3) is 5.91 Å². The van der Waals surface area contributed by atoms with E-state index in [-0.39, 0.29) is 11.9 Å². The van der Waals surface area contributed by atoms with Gasteiger partial charge >= 0.3 is 5.97 Å². The van der Waals surface area contributed by atoms with Crippen LogP contribution >= 0.6 is 11.3 Å². The van der Waals surface area contributed by atoms with Crippen molar-refractivity contribution in [1.29, 1.82) is 0 Å². The van der Waals surface area contributed by atoms with Gasteiger partial charge in [-0.3, -0.25) is 9.78 Å². The molecule has 0 spiro atoms. The van der Waals surface area contributed by atoms with Crippen molar-refractivity contribution >= 4 is 28.9 Å². The zero-order chi connectivity index (χ0) is 18.7. The number of carbonyl (C=O) groups is 2. The number of carbonyl (C=O) groups excluding carboxylic acids is 2. The number of anilines is 1. The van der Waals surface area contributed by atoms with Crippen LogP contribution in [0, 0.1) is 13.8 Å². The van der Waals surface area contributed by atoms with Crippen LogP contribution in [-0.4, -0.2) is 24.0 Å². The molecule has 0 radical (unpaired) electrons.